The van der Waals surface area contributed by atoms with Crippen LogP contribution in [0.15, 0.2) is 48.5 Å². The lowest BCUT2D eigenvalue weighted by Gasteiger charge is -2.43. The Kier molecular flexibility index (Phi) is 6.21. The van der Waals surface area contributed by atoms with E-state index in [4.69, 9.17) is 4.74 Å². The standard InChI is InChI=1S/C25H32FNO2/c1-29-24-4-2-3-20(18-24)17-19-11-15-27(16-12-19)23-9-13-25(28,14-10-23)21-5-7-22(26)8-6-21/h2-8,18-19,23,28H,9-17H2,1H3. The lowest BCUT2D eigenvalue weighted by molar-refractivity contribution is -0.0295. The second-order valence-electron chi connectivity index (χ2n) is 8.80. The molecule has 0 amide bonds. The largest absolute Gasteiger partial charge is 0.497 e. The van der Waals surface area contributed by atoms with Crippen molar-refractivity contribution in [3.63, 3.8) is 0 Å². The molecule has 0 atom stereocenters. The molecule has 0 aromatic heterocycles. The number of nitrogens with zero attached hydrogens (tertiary/aromatic N) is 1. The molecule has 0 bridgehead atoms. The van der Waals surface area contributed by atoms with Crippen molar-refractivity contribution >= 4 is 0 Å². The Labute approximate surface area is 173 Å². The van der Waals surface area contributed by atoms with Gasteiger partial charge < -0.3 is 14.7 Å². The van der Waals surface area contributed by atoms with Crippen molar-refractivity contribution in [1.29, 1.82) is 0 Å². The third-order valence-electron chi connectivity index (χ3n) is 6.99. The van der Waals surface area contributed by atoms with Gasteiger partial charge in [-0.05, 0) is 99.3 Å². The summed E-state index contributed by atoms with van der Waals surface area (Å²) in [6.45, 7) is 2.29. The summed E-state index contributed by atoms with van der Waals surface area (Å²) in [4.78, 5) is 2.63. The van der Waals surface area contributed by atoms with E-state index in [-0.39, 0.29) is 5.82 Å². The molecule has 1 saturated carbocycles. The van der Waals surface area contributed by atoms with E-state index in [1.54, 1.807) is 19.2 Å². The molecule has 4 heteroatoms. The molecule has 1 aliphatic heterocycles. The third kappa shape index (κ3) is 4.81. The predicted octanol–water partition coefficient (Wildman–Crippen LogP) is 4.92. The van der Waals surface area contributed by atoms with Crippen LogP contribution >= 0.6 is 0 Å². The van der Waals surface area contributed by atoms with Gasteiger partial charge in [0.25, 0.3) is 0 Å². The number of rotatable bonds is 5. The van der Waals surface area contributed by atoms with Crippen molar-refractivity contribution in [2.45, 2.75) is 56.6 Å². The van der Waals surface area contributed by atoms with E-state index in [1.807, 2.05) is 6.07 Å². The highest BCUT2D eigenvalue weighted by atomic mass is 19.1. The third-order valence-corrected chi connectivity index (χ3v) is 6.99. The molecule has 2 aromatic carbocycles. The quantitative estimate of drug-likeness (QED) is 0.777. The van der Waals surface area contributed by atoms with Crippen molar-refractivity contribution < 1.29 is 14.2 Å². The Balaban J connectivity index is 1.27. The molecule has 0 radical (unpaired) electrons. The summed E-state index contributed by atoms with van der Waals surface area (Å²) in [5.41, 5.74) is 1.42. The van der Waals surface area contributed by atoms with Gasteiger partial charge in [0.2, 0.25) is 0 Å². The highest BCUT2D eigenvalue weighted by Gasteiger charge is 2.37. The zero-order valence-electron chi connectivity index (χ0n) is 17.3. The molecular weight excluding hydrogens is 365 g/mol. The topological polar surface area (TPSA) is 32.7 Å². The lowest BCUT2D eigenvalue weighted by Crippen LogP contribution is -2.46. The van der Waals surface area contributed by atoms with Crippen LogP contribution in [0.25, 0.3) is 0 Å². The minimum absolute atomic E-state index is 0.247. The molecule has 1 saturated heterocycles. The average molecular weight is 398 g/mol. The predicted molar refractivity (Wildman–Crippen MR) is 114 cm³/mol. The van der Waals surface area contributed by atoms with Gasteiger partial charge >= 0.3 is 0 Å². The molecule has 1 N–H and O–H groups in total. The highest BCUT2D eigenvalue weighted by molar-refractivity contribution is 5.28. The van der Waals surface area contributed by atoms with Gasteiger partial charge in [-0.25, -0.2) is 4.39 Å². The monoisotopic (exact) mass is 397 g/mol. The number of benzene rings is 2. The summed E-state index contributed by atoms with van der Waals surface area (Å²) in [6.07, 6.45) is 7.12. The van der Waals surface area contributed by atoms with Crippen LogP contribution in [-0.4, -0.2) is 36.2 Å². The number of methoxy groups -OCH3 is 1. The minimum Gasteiger partial charge on any atom is -0.497 e. The first kappa shape index (κ1) is 20.4. The number of hydrogen-bond donors (Lipinski definition) is 1. The molecule has 156 valence electrons. The van der Waals surface area contributed by atoms with Crippen molar-refractivity contribution in [3.05, 3.63) is 65.5 Å². The molecule has 0 unspecified atom stereocenters. The summed E-state index contributed by atoms with van der Waals surface area (Å²) in [7, 11) is 1.72. The lowest BCUT2D eigenvalue weighted by atomic mass is 9.76. The number of halogens is 1. The van der Waals surface area contributed by atoms with Crippen LogP contribution in [0.1, 0.15) is 49.7 Å². The highest BCUT2D eigenvalue weighted by Crippen LogP contribution is 2.39. The van der Waals surface area contributed by atoms with Crippen LogP contribution in [0, 0.1) is 11.7 Å². The maximum atomic E-state index is 13.2. The summed E-state index contributed by atoms with van der Waals surface area (Å²) < 4.78 is 18.5. The fourth-order valence-electron chi connectivity index (χ4n) is 5.15. The summed E-state index contributed by atoms with van der Waals surface area (Å²) in [5, 5.41) is 11.0. The number of piperidine rings is 1. The van der Waals surface area contributed by atoms with E-state index in [2.05, 4.69) is 23.1 Å². The fraction of sp³-hybridized carbons (Fsp3) is 0.520. The van der Waals surface area contributed by atoms with Gasteiger partial charge in [-0.15, -0.1) is 0 Å². The Morgan fingerprint density at radius 3 is 2.38 bits per heavy atom. The molecular formula is C25H32FNO2. The molecule has 3 nitrogen and oxygen atoms in total. The van der Waals surface area contributed by atoms with Crippen LogP contribution < -0.4 is 4.74 Å². The van der Waals surface area contributed by atoms with Crippen molar-refractivity contribution in [2.75, 3.05) is 20.2 Å². The van der Waals surface area contributed by atoms with Crippen molar-refractivity contribution in [1.82, 2.24) is 4.90 Å². The first-order chi connectivity index (χ1) is 14.1. The van der Waals surface area contributed by atoms with Crippen molar-refractivity contribution in [2.24, 2.45) is 5.92 Å². The molecule has 2 fully saturated rings. The van der Waals surface area contributed by atoms with E-state index in [0.29, 0.717) is 6.04 Å². The van der Waals surface area contributed by atoms with Gasteiger partial charge in [0, 0.05) is 6.04 Å². The van der Waals surface area contributed by atoms with E-state index >= 15 is 0 Å². The van der Waals surface area contributed by atoms with Gasteiger partial charge in [-0.3, -0.25) is 0 Å². The number of hydrogen-bond acceptors (Lipinski definition) is 3. The molecule has 29 heavy (non-hydrogen) atoms. The van der Waals surface area contributed by atoms with Crippen LogP contribution in [0.4, 0.5) is 4.39 Å². The van der Waals surface area contributed by atoms with E-state index in [9.17, 15) is 9.50 Å². The molecule has 4 rings (SSSR count). The van der Waals surface area contributed by atoms with Crippen LogP contribution in [-0.2, 0) is 12.0 Å². The average Bonchev–Trinajstić information content (AvgIpc) is 2.75. The fourth-order valence-corrected chi connectivity index (χ4v) is 5.15. The van der Waals surface area contributed by atoms with Crippen molar-refractivity contribution in [3.8, 4) is 5.75 Å². The van der Waals surface area contributed by atoms with Gasteiger partial charge in [-0.2, -0.15) is 0 Å². The number of likely N-dealkylation sites (tertiary alicyclic amines) is 1. The zero-order chi connectivity index (χ0) is 20.3. The minimum atomic E-state index is -0.797. The van der Waals surface area contributed by atoms with E-state index in [0.717, 1.165) is 62.4 Å². The second kappa shape index (κ2) is 8.85. The zero-order valence-corrected chi connectivity index (χ0v) is 17.3. The van der Waals surface area contributed by atoms with E-state index in [1.165, 1.54) is 30.5 Å². The first-order valence-corrected chi connectivity index (χ1v) is 10.9. The first-order valence-electron chi connectivity index (χ1n) is 10.9. The summed E-state index contributed by atoms with van der Waals surface area (Å²) in [5.74, 6) is 1.43. The van der Waals surface area contributed by atoms with Gasteiger partial charge in [0.1, 0.15) is 11.6 Å². The smallest absolute Gasteiger partial charge is 0.123 e. The normalized spacial score (nSPS) is 26.4. The Hall–Kier alpha value is -1.91. The molecule has 1 aliphatic carbocycles. The Bertz CT molecular complexity index is 791. The summed E-state index contributed by atoms with van der Waals surface area (Å²) >= 11 is 0. The molecule has 2 aliphatic rings. The van der Waals surface area contributed by atoms with E-state index < -0.39 is 5.60 Å². The van der Waals surface area contributed by atoms with Gasteiger partial charge in [0.05, 0.1) is 12.7 Å². The maximum absolute atomic E-state index is 13.2. The number of aliphatic hydroxyl groups is 1. The van der Waals surface area contributed by atoms with Crippen LogP contribution in [0.2, 0.25) is 0 Å². The molecule has 2 aromatic rings. The molecule has 0 spiro atoms. The molecule has 1 heterocycles. The Morgan fingerprint density at radius 1 is 1.03 bits per heavy atom. The van der Waals surface area contributed by atoms with Gasteiger partial charge in [-0.1, -0.05) is 24.3 Å². The Morgan fingerprint density at radius 2 is 1.72 bits per heavy atom. The van der Waals surface area contributed by atoms with Crippen LogP contribution in [0.3, 0.4) is 0 Å². The second-order valence-corrected chi connectivity index (χ2v) is 8.80. The number of ether oxygens (including phenoxy) is 1. The summed E-state index contributed by atoms with van der Waals surface area (Å²) in [6, 6.07) is 15.4. The van der Waals surface area contributed by atoms with Gasteiger partial charge in [0.15, 0.2) is 0 Å². The SMILES string of the molecule is COc1cccc(CC2CCN(C3CCC(O)(c4ccc(F)cc4)CC3)CC2)c1. The maximum Gasteiger partial charge on any atom is 0.123 e. The van der Waals surface area contributed by atoms with Crippen LogP contribution in [0.5, 0.6) is 5.75 Å².